The van der Waals surface area contributed by atoms with Crippen LogP contribution in [0, 0.1) is 0 Å². The lowest BCUT2D eigenvalue weighted by atomic mass is 10.2. The highest BCUT2D eigenvalue weighted by molar-refractivity contribution is 7.89. The topological polar surface area (TPSA) is 77.8 Å². The molecule has 2 N–H and O–H groups in total. The van der Waals surface area contributed by atoms with Crippen molar-refractivity contribution in [2.24, 2.45) is 0 Å². The van der Waals surface area contributed by atoms with Gasteiger partial charge in [0.1, 0.15) is 5.76 Å². The van der Waals surface area contributed by atoms with E-state index < -0.39 is 10.0 Å². The Balaban J connectivity index is 1.45. The summed E-state index contributed by atoms with van der Waals surface area (Å²) in [5.41, 5.74) is 7.23. The molecule has 134 valence electrons. The Kier molecular flexibility index (Phi) is 4.51. The Morgan fingerprint density at radius 2 is 1.76 bits per heavy atom. The number of hydrazine groups is 1. The van der Waals surface area contributed by atoms with Gasteiger partial charge in [-0.3, -0.25) is 5.43 Å². The third-order valence-corrected chi connectivity index (χ3v) is 6.51. The van der Waals surface area contributed by atoms with E-state index in [1.54, 1.807) is 12.1 Å². The van der Waals surface area contributed by atoms with Crippen LogP contribution in [-0.4, -0.2) is 45.4 Å². The third-order valence-electron chi connectivity index (χ3n) is 4.73. The average molecular weight is 362 g/mol. The molecule has 2 aromatic rings. The molecule has 0 bridgehead atoms. The van der Waals surface area contributed by atoms with Crippen LogP contribution in [0.4, 0.5) is 5.69 Å². The molecule has 25 heavy (non-hydrogen) atoms. The first-order valence-corrected chi connectivity index (χ1v) is 9.97. The maximum Gasteiger partial charge on any atom is 0.276 e. The fraction of sp³-hybridized carbons (Fsp3) is 0.412. The molecule has 2 aliphatic rings. The van der Waals surface area contributed by atoms with Crippen LogP contribution in [0.2, 0.25) is 0 Å². The highest BCUT2D eigenvalue weighted by Gasteiger charge is 2.32. The van der Waals surface area contributed by atoms with Gasteiger partial charge < -0.3 is 9.32 Å². The summed E-state index contributed by atoms with van der Waals surface area (Å²) in [5.74, 6) is 0.659. The second kappa shape index (κ2) is 6.80. The molecule has 0 spiro atoms. The van der Waals surface area contributed by atoms with E-state index >= 15 is 0 Å². The van der Waals surface area contributed by atoms with Crippen molar-refractivity contribution in [2.75, 3.05) is 37.6 Å². The third kappa shape index (κ3) is 3.30. The molecule has 0 saturated carbocycles. The van der Waals surface area contributed by atoms with Crippen LogP contribution in [0.15, 0.2) is 52.0 Å². The van der Waals surface area contributed by atoms with Gasteiger partial charge in [-0.15, -0.1) is 0 Å². The Bertz CT molecular complexity index is 807. The molecule has 0 aliphatic carbocycles. The standard InChI is InChI=1S/C17H22N4O3S/c22-25(23,17-7-6-16(24-17)15-8-9-18-19-15)21-12-10-20(11-13-21)14-4-2-1-3-5-14/h1-7,15,18-19H,8-13H2. The van der Waals surface area contributed by atoms with Gasteiger partial charge in [-0.25, -0.2) is 13.8 Å². The van der Waals surface area contributed by atoms with Gasteiger partial charge in [0.25, 0.3) is 10.0 Å². The summed E-state index contributed by atoms with van der Waals surface area (Å²) in [7, 11) is -3.58. The molecule has 2 fully saturated rings. The van der Waals surface area contributed by atoms with Crippen molar-refractivity contribution in [3.63, 3.8) is 0 Å². The first-order chi connectivity index (χ1) is 12.1. The van der Waals surface area contributed by atoms with Gasteiger partial charge in [-0.2, -0.15) is 4.31 Å². The smallest absolute Gasteiger partial charge is 0.276 e. The lowest BCUT2D eigenvalue weighted by Gasteiger charge is -2.34. The van der Waals surface area contributed by atoms with E-state index in [-0.39, 0.29) is 11.1 Å². The molecule has 0 amide bonds. The zero-order valence-corrected chi connectivity index (χ0v) is 14.7. The van der Waals surface area contributed by atoms with Gasteiger partial charge in [-0.1, -0.05) is 18.2 Å². The lowest BCUT2D eigenvalue weighted by molar-refractivity contribution is 0.340. The monoisotopic (exact) mass is 362 g/mol. The zero-order chi connectivity index (χ0) is 17.3. The first kappa shape index (κ1) is 16.6. The number of piperazine rings is 1. The molecular weight excluding hydrogens is 340 g/mol. The Morgan fingerprint density at radius 3 is 2.44 bits per heavy atom. The van der Waals surface area contributed by atoms with Crippen molar-refractivity contribution in [3.05, 3.63) is 48.2 Å². The van der Waals surface area contributed by atoms with E-state index in [1.807, 2.05) is 30.3 Å². The Hall–Kier alpha value is -1.87. The fourth-order valence-electron chi connectivity index (χ4n) is 3.31. The minimum Gasteiger partial charge on any atom is -0.447 e. The summed E-state index contributed by atoms with van der Waals surface area (Å²) < 4.78 is 32.8. The molecule has 1 aromatic carbocycles. The van der Waals surface area contributed by atoms with Crippen molar-refractivity contribution >= 4 is 15.7 Å². The molecule has 4 rings (SSSR count). The number of nitrogens with one attached hydrogen (secondary N) is 2. The van der Waals surface area contributed by atoms with E-state index in [1.165, 1.54) is 4.31 Å². The first-order valence-electron chi connectivity index (χ1n) is 8.53. The maximum atomic E-state index is 12.8. The fourth-order valence-corrected chi connectivity index (χ4v) is 4.65. The number of anilines is 1. The van der Waals surface area contributed by atoms with E-state index in [9.17, 15) is 8.42 Å². The predicted octanol–water partition coefficient (Wildman–Crippen LogP) is 1.33. The van der Waals surface area contributed by atoms with Crippen LogP contribution < -0.4 is 15.8 Å². The SMILES string of the molecule is O=S(=O)(c1ccc(C2CCNN2)o1)N1CCN(c2ccccc2)CC1. The van der Waals surface area contributed by atoms with E-state index in [0.29, 0.717) is 31.9 Å². The number of benzene rings is 1. The van der Waals surface area contributed by atoms with Crippen molar-refractivity contribution < 1.29 is 12.8 Å². The molecule has 2 saturated heterocycles. The van der Waals surface area contributed by atoms with Crippen LogP contribution in [0.1, 0.15) is 18.2 Å². The minimum absolute atomic E-state index is 0.0267. The number of para-hydroxylation sites is 1. The summed E-state index contributed by atoms with van der Waals surface area (Å²) in [5, 5.41) is 0.0318. The number of nitrogens with zero attached hydrogens (tertiary/aromatic N) is 2. The van der Waals surface area contributed by atoms with Crippen LogP contribution in [0.25, 0.3) is 0 Å². The number of furan rings is 1. The largest absolute Gasteiger partial charge is 0.447 e. The maximum absolute atomic E-state index is 12.8. The quantitative estimate of drug-likeness (QED) is 0.854. The molecule has 1 unspecified atom stereocenters. The van der Waals surface area contributed by atoms with Gasteiger partial charge in [0, 0.05) is 38.4 Å². The van der Waals surface area contributed by atoms with Crippen molar-refractivity contribution in [1.82, 2.24) is 15.2 Å². The summed E-state index contributed by atoms with van der Waals surface area (Å²) in [6.45, 7) is 3.09. The minimum atomic E-state index is -3.58. The van der Waals surface area contributed by atoms with Gasteiger partial charge in [0.05, 0.1) is 6.04 Å². The van der Waals surface area contributed by atoms with Crippen molar-refractivity contribution in [2.45, 2.75) is 17.6 Å². The van der Waals surface area contributed by atoms with Crippen LogP contribution in [-0.2, 0) is 10.0 Å². The number of hydrogen-bond donors (Lipinski definition) is 2. The van der Waals surface area contributed by atoms with Crippen molar-refractivity contribution in [3.8, 4) is 0 Å². The van der Waals surface area contributed by atoms with Gasteiger partial charge >= 0.3 is 0 Å². The molecule has 0 radical (unpaired) electrons. The predicted molar refractivity (Wildman–Crippen MR) is 94.6 cm³/mol. The number of hydrogen-bond acceptors (Lipinski definition) is 6. The summed E-state index contributed by atoms with van der Waals surface area (Å²) in [6.07, 6.45) is 0.878. The second-order valence-corrected chi connectivity index (χ2v) is 8.16. The molecule has 2 aliphatic heterocycles. The number of rotatable bonds is 4. The second-order valence-electron chi connectivity index (χ2n) is 6.30. The van der Waals surface area contributed by atoms with Crippen molar-refractivity contribution in [1.29, 1.82) is 0 Å². The molecule has 1 atom stereocenters. The Morgan fingerprint density at radius 1 is 1.00 bits per heavy atom. The average Bonchev–Trinajstić information content (AvgIpc) is 3.34. The Labute approximate surface area is 147 Å². The normalized spacial score (nSPS) is 22.4. The lowest BCUT2D eigenvalue weighted by Crippen LogP contribution is -2.48. The van der Waals surface area contributed by atoms with Gasteiger partial charge in [-0.05, 0) is 30.7 Å². The van der Waals surface area contributed by atoms with Crippen LogP contribution >= 0.6 is 0 Å². The van der Waals surface area contributed by atoms with Crippen LogP contribution in [0.3, 0.4) is 0 Å². The molecule has 1 aromatic heterocycles. The van der Waals surface area contributed by atoms with E-state index in [4.69, 9.17) is 4.42 Å². The summed E-state index contributed by atoms with van der Waals surface area (Å²) >= 11 is 0. The zero-order valence-electron chi connectivity index (χ0n) is 13.9. The van der Waals surface area contributed by atoms with E-state index in [0.717, 1.165) is 18.7 Å². The number of sulfonamides is 1. The summed E-state index contributed by atoms with van der Waals surface area (Å²) in [4.78, 5) is 2.20. The van der Waals surface area contributed by atoms with Crippen LogP contribution in [0.5, 0.6) is 0 Å². The highest BCUT2D eigenvalue weighted by Crippen LogP contribution is 2.26. The van der Waals surface area contributed by atoms with Gasteiger partial charge in [0.15, 0.2) is 0 Å². The van der Waals surface area contributed by atoms with Gasteiger partial charge in [0.2, 0.25) is 5.09 Å². The molecule has 7 nitrogen and oxygen atoms in total. The summed E-state index contributed by atoms with van der Waals surface area (Å²) in [6, 6.07) is 13.4. The molecule has 8 heteroatoms. The molecule has 3 heterocycles. The molecular formula is C17H22N4O3S. The van der Waals surface area contributed by atoms with E-state index in [2.05, 4.69) is 15.8 Å². The highest BCUT2D eigenvalue weighted by atomic mass is 32.2.